The quantitative estimate of drug-likeness (QED) is 0.839. The number of para-hydroxylation sites is 1. The van der Waals surface area contributed by atoms with Crippen molar-refractivity contribution in [3.8, 4) is 5.75 Å². The van der Waals surface area contributed by atoms with Crippen LogP contribution in [0.2, 0.25) is 0 Å². The summed E-state index contributed by atoms with van der Waals surface area (Å²) in [6, 6.07) is 9.27. The molecule has 0 spiro atoms. The van der Waals surface area contributed by atoms with E-state index in [9.17, 15) is 8.42 Å². The minimum absolute atomic E-state index is 0.362. The number of nitrogens with one attached hydrogen (secondary N) is 1. The van der Waals surface area contributed by atoms with E-state index in [2.05, 4.69) is 15.2 Å². The molecule has 0 unspecified atom stereocenters. The van der Waals surface area contributed by atoms with Crippen LogP contribution >= 0.6 is 10.7 Å². The number of rotatable bonds is 5. The highest BCUT2D eigenvalue weighted by molar-refractivity contribution is 8.13. The Morgan fingerprint density at radius 3 is 2.61 bits per heavy atom. The van der Waals surface area contributed by atoms with Gasteiger partial charge in [0, 0.05) is 17.1 Å². The first-order valence-corrected chi connectivity index (χ1v) is 7.40. The van der Waals surface area contributed by atoms with Gasteiger partial charge in [-0.3, -0.25) is 5.10 Å². The van der Waals surface area contributed by atoms with Crippen LogP contribution in [-0.2, 0) is 15.5 Å². The van der Waals surface area contributed by atoms with Crippen LogP contribution in [0.25, 0.3) is 0 Å². The van der Waals surface area contributed by atoms with Crippen LogP contribution in [0.3, 0.4) is 0 Å². The van der Waals surface area contributed by atoms with E-state index in [1.807, 2.05) is 30.3 Å². The molecule has 0 radical (unpaired) electrons. The maximum absolute atomic E-state index is 10.9. The summed E-state index contributed by atoms with van der Waals surface area (Å²) in [5, 5.41) is 5.58. The fourth-order valence-electron chi connectivity index (χ4n) is 1.28. The summed E-state index contributed by atoms with van der Waals surface area (Å²) in [5.74, 6) is 1.15. The van der Waals surface area contributed by atoms with Crippen molar-refractivity contribution < 1.29 is 13.2 Å². The fraction of sp³-hybridized carbons (Fsp3) is 0.200. The van der Waals surface area contributed by atoms with Crippen molar-refractivity contribution in [2.45, 2.75) is 11.6 Å². The van der Waals surface area contributed by atoms with Gasteiger partial charge in [-0.2, -0.15) is 0 Å². The Morgan fingerprint density at radius 2 is 2.00 bits per heavy atom. The van der Waals surface area contributed by atoms with E-state index in [1.165, 1.54) is 0 Å². The Bertz CT molecular complexity index is 612. The molecule has 0 atom stereocenters. The van der Waals surface area contributed by atoms with Gasteiger partial charge in [-0.15, -0.1) is 5.10 Å². The third kappa shape index (κ3) is 3.44. The number of aromatic nitrogens is 3. The average molecular weight is 288 g/mol. The molecular weight excluding hydrogens is 278 g/mol. The molecule has 6 nitrogen and oxygen atoms in total. The number of benzene rings is 1. The van der Waals surface area contributed by atoms with E-state index in [0.717, 1.165) is 5.75 Å². The van der Waals surface area contributed by atoms with Gasteiger partial charge in [0.2, 0.25) is 0 Å². The second-order valence-corrected chi connectivity index (χ2v) is 5.87. The maximum Gasteiger partial charge on any atom is 0.298 e. The predicted octanol–water partition coefficient (Wildman–Crippen LogP) is 1.35. The topological polar surface area (TPSA) is 84.9 Å². The molecule has 2 rings (SSSR count). The maximum atomic E-state index is 10.9. The molecule has 0 aliphatic rings. The lowest BCUT2D eigenvalue weighted by atomic mass is 10.3. The lowest BCUT2D eigenvalue weighted by Gasteiger charge is -2.03. The van der Waals surface area contributed by atoms with Gasteiger partial charge in [0.25, 0.3) is 14.2 Å². The van der Waals surface area contributed by atoms with E-state index < -0.39 is 14.2 Å². The SMILES string of the molecule is O=S(=O)(Cl)c1n[nH]c(CCOc2ccccc2)n1. The van der Waals surface area contributed by atoms with E-state index in [1.54, 1.807) is 0 Å². The van der Waals surface area contributed by atoms with Gasteiger partial charge < -0.3 is 4.74 Å². The summed E-state index contributed by atoms with van der Waals surface area (Å²) in [5.41, 5.74) is 0. The Hall–Kier alpha value is -1.60. The van der Waals surface area contributed by atoms with Crippen LogP contribution in [-0.4, -0.2) is 30.2 Å². The minimum atomic E-state index is -3.88. The van der Waals surface area contributed by atoms with E-state index in [-0.39, 0.29) is 0 Å². The molecule has 0 aliphatic carbocycles. The average Bonchev–Trinajstić information content (AvgIpc) is 2.79. The number of hydrogen-bond acceptors (Lipinski definition) is 5. The zero-order chi connectivity index (χ0) is 13.0. The molecule has 8 heteroatoms. The largest absolute Gasteiger partial charge is 0.493 e. The second-order valence-electron chi connectivity index (χ2n) is 3.41. The van der Waals surface area contributed by atoms with Crippen molar-refractivity contribution in [2.24, 2.45) is 0 Å². The molecule has 0 aliphatic heterocycles. The summed E-state index contributed by atoms with van der Waals surface area (Å²) >= 11 is 0. The highest BCUT2D eigenvalue weighted by Crippen LogP contribution is 2.10. The molecule has 0 bridgehead atoms. The summed E-state index contributed by atoms with van der Waals surface area (Å²) < 4.78 is 27.3. The van der Waals surface area contributed by atoms with Gasteiger partial charge in [-0.1, -0.05) is 18.2 Å². The van der Waals surface area contributed by atoms with Gasteiger partial charge in [0.05, 0.1) is 6.61 Å². The standard InChI is InChI=1S/C10H10ClN3O3S/c11-18(15,16)10-12-9(13-14-10)6-7-17-8-4-2-1-3-5-8/h1-5H,6-7H2,(H,12,13,14). The van der Waals surface area contributed by atoms with Crippen LogP contribution in [0.4, 0.5) is 0 Å². The Balaban J connectivity index is 1.90. The Kier molecular flexibility index (Phi) is 3.83. The lowest BCUT2D eigenvalue weighted by molar-refractivity contribution is 0.319. The number of hydrogen-bond donors (Lipinski definition) is 1. The van der Waals surface area contributed by atoms with Crippen LogP contribution in [0.1, 0.15) is 5.82 Å². The summed E-state index contributed by atoms with van der Waals surface area (Å²) in [6.07, 6.45) is 0.411. The Labute approximate surface area is 108 Å². The van der Waals surface area contributed by atoms with E-state index >= 15 is 0 Å². The summed E-state index contributed by atoms with van der Waals surface area (Å²) in [6.45, 7) is 0.362. The molecule has 0 saturated heterocycles. The third-order valence-electron chi connectivity index (χ3n) is 2.08. The fourth-order valence-corrected chi connectivity index (χ4v) is 1.86. The Morgan fingerprint density at radius 1 is 1.28 bits per heavy atom. The predicted molar refractivity (Wildman–Crippen MR) is 65.1 cm³/mol. The van der Waals surface area contributed by atoms with Gasteiger partial charge in [0.1, 0.15) is 11.6 Å². The first-order chi connectivity index (χ1) is 8.55. The van der Waals surface area contributed by atoms with Crippen molar-refractivity contribution in [2.75, 3.05) is 6.61 Å². The van der Waals surface area contributed by atoms with Crippen molar-refractivity contribution in [1.82, 2.24) is 15.2 Å². The number of halogens is 1. The van der Waals surface area contributed by atoms with Crippen LogP contribution in [0.15, 0.2) is 35.5 Å². The molecule has 0 fully saturated rings. The first kappa shape index (κ1) is 12.8. The summed E-state index contributed by atoms with van der Waals surface area (Å²) in [4.78, 5) is 3.75. The van der Waals surface area contributed by atoms with E-state index in [4.69, 9.17) is 15.4 Å². The van der Waals surface area contributed by atoms with Crippen molar-refractivity contribution >= 4 is 19.7 Å². The zero-order valence-electron chi connectivity index (χ0n) is 9.21. The molecular formula is C10H10ClN3O3S. The molecule has 2 aromatic rings. The zero-order valence-corrected chi connectivity index (χ0v) is 10.8. The molecule has 1 N–H and O–H groups in total. The minimum Gasteiger partial charge on any atom is -0.493 e. The van der Waals surface area contributed by atoms with Gasteiger partial charge in [0.15, 0.2) is 0 Å². The molecule has 96 valence electrons. The van der Waals surface area contributed by atoms with Crippen LogP contribution in [0.5, 0.6) is 5.75 Å². The molecule has 0 amide bonds. The highest BCUT2D eigenvalue weighted by atomic mass is 35.7. The van der Waals surface area contributed by atoms with Crippen molar-refractivity contribution in [1.29, 1.82) is 0 Å². The van der Waals surface area contributed by atoms with Crippen LogP contribution in [0, 0.1) is 0 Å². The second kappa shape index (κ2) is 5.36. The monoisotopic (exact) mass is 287 g/mol. The summed E-state index contributed by atoms with van der Waals surface area (Å²) in [7, 11) is 1.22. The van der Waals surface area contributed by atoms with Crippen molar-refractivity contribution in [3.63, 3.8) is 0 Å². The third-order valence-corrected chi connectivity index (χ3v) is 3.11. The smallest absolute Gasteiger partial charge is 0.298 e. The van der Waals surface area contributed by atoms with Crippen LogP contribution < -0.4 is 4.74 Å². The lowest BCUT2D eigenvalue weighted by Crippen LogP contribution is -2.02. The number of H-pyrrole nitrogens is 1. The van der Waals surface area contributed by atoms with Gasteiger partial charge in [-0.25, -0.2) is 13.4 Å². The molecule has 0 saturated carbocycles. The molecule has 1 aromatic carbocycles. The highest BCUT2D eigenvalue weighted by Gasteiger charge is 2.16. The van der Waals surface area contributed by atoms with Gasteiger partial charge in [-0.05, 0) is 12.1 Å². The van der Waals surface area contributed by atoms with Gasteiger partial charge >= 0.3 is 0 Å². The molecule has 18 heavy (non-hydrogen) atoms. The first-order valence-electron chi connectivity index (χ1n) is 5.09. The number of ether oxygens (including phenoxy) is 1. The number of nitrogens with zero attached hydrogens (tertiary/aromatic N) is 2. The molecule has 1 heterocycles. The van der Waals surface area contributed by atoms with E-state index in [0.29, 0.717) is 18.9 Å². The van der Waals surface area contributed by atoms with Crippen molar-refractivity contribution in [3.05, 3.63) is 36.2 Å². The molecule has 1 aromatic heterocycles. The number of aromatic amines is 1. The normalized spacial score (nSPS) is 11.4.